The van der Waals surface area contributed by atoms with Gasteiger partial charge < -0.3 is 24.8 Å². The van der Waals surface area contributed by atoms with Gasteiger partial charge in [-0.05, 0) is 38.4 Å². The summed E-state index contributed by atoms with van der Waals surface area (Å²) in [6.07, 6.45) is 0.276. The van der Waals surface area contributed by atoms with Crippen molar-refractivity contribution in [3.8, 4) is 22.9 Å². The van der Waals surface area contributed by atoms with Crippen LogP contribution in [0.2, 0.25) is 0 Å². The lowest BCUT2D eigenvalue weighted by Gasteiger charge is -2.16. The average Bonchev–Trinajstić information content (AvgIpc) is 3.36. The van der Waals surface area contributed by atoms with Crippen molar-refractivity contribution in [2.24, 2.45) is 0 Å². The molecule has 0 unspecified atom stereocenters. The number of anilines is 2. The topological polar surface area (TPSA) is 158 Å². The van der Waals surface area contributed by atoms with Gasteiger partial charge in [-0.1, -0.05) is 12.1 Å². The van der Waals surface area contributed by atoms with E-state index in [0.29, 0.717) is 63.5 Å². The van der Waals surface area contributed by atoms with Gasteiger partial charge in [-0.25, -0.2) is 14.8 Å². The smallest absolute Gasteiger partial charge is 0.432 e. The first-order valence-electron chi connectivity index (χ1n) is 12.1. The van der Waals surface area contributed by atoms with E-state index in [0.717, 1.165) is 4.68 Å². The molecular formula is C27H25N7O6. The number of nitro groups is 1. The molecule has 0 spiro atoms. The van der Waals surface area contributed by atoms with Gasteiger partial charge in [0.1, 0.15) is 12.4 Å². The van der Waals surface area contributed by atoms with Gasteiger partial charge in [0.25, 0.3) is 5.69 Å². The lowest BCUT2D eigenvalue weighted by atomic mass is 10.1. The highest BCUT2D eigenvalue weighted by Gasteiger charge is 2.17. The number of carbonyl (C=O) groups is 1. The molecule has 13 heteroatoms. The molecule has 0 atom stereocenters. The van der Waals surface area contributed by atoms with Crippen molar-refractivity contribution in [1.82, 2.24) is 24.6 Å². The summed E-state index contributed by atoms with van der Waals surface area (Å²) < 4.78 is 12.5. The third-order valence-corrected chi connectivity index (χ3v) is 6.10. The maximum atomic E-state index is 11.4. The molecule has 2 N–H and O–H groups in total. The number of methoxy groups -OCH3 is 1. The molecule has 0 saturated heterocycles. The Hall–Kier alpha value is -5.30. The highest BCUT2D eigenvalue weighted by atomic mass is 16.6. The van der Waals surface area contributed by atoms with Crippen LogP contribution in [0.15, 0.2) is 60.8 Å². The van der Waals surface area contributed by atoms with Gasteiger partial charge in [0.2, 0.25) is 0 Å². The molecule has 0 aliphatic heterocycles. The number of benzene rings is 3. The summed E-state index contributed by atoms with van der Waals surface area (Å²) in [5.41, 5.74) is 1.95. The van der Waals surface area contributed by atoms with Crippen molar-refractivity contribution in [1.29, 1.82) is 0 Å². The summed E-state index contributed by atoms with van der Waals surface area (Å²) in [5, 5.41) is 29.2. The molecule has 0 saturated carbocycles. The quantitative estimate of drug-likeness (QED) is 0.195. The normalized spacial score (nSPS) is 11.2. The maximum absolute atomic E-state index is 11.4. The summed E-state index contributed by atoms with van der Waals surface area (Å²) in [4.78, 5) is 33.7. The molecule has 5 aromatic rings. The number of nitrogens with zero attached hydrogens (tertiary/aromatic N) is 6. The maximum Gasteiger partial charge on any atom is 0.432 e. The van der Waals surface area contributed by atoms with Crippen LogP contribution < -0.4 is 14.8 Å². The fourth-order valence-electron chi connectivity index (χ4n) is 4.13. The zero-order valence-electron chi connectivity index (χ0n) is 21.9. The van der Waals surface area contributed by atoms with Crippen LogP contribution >= 0.6 is 0 Å². The molecule has 0 aliphatic carbocycles. The third kappa shape index (κ3) is 5.31. The number of non-ortho nitro benzene ring substituents is 1. The van der Waals surface area contributed by atoms with Gasteiger partial charge >= 0.3 is 6.09 Å². The highest BCUT2D eigenvalue weighted by Crippen LogP contribution is 2.37. The fraction of sp³-hybridized carbons (Fsp3) is 0.185. The number of aromatic nitrogens is 4. The molecule has 13 nitrogen and oxygen atoms in total. The summed E-state index contributed by atoms with van der Waals surface area (Å²) >= 11 is 0. The Labute approximate surface area is 227 Å². The monoisotopic (exact) mass is 543 g/mol. The van der Waals surface area contributed by atoms with E-state index in [1.165, 1.54) is 25.4 Å². The molecular weight excluding hydrogens is 518 g/mol. The predicted octanol–water partition coefficient (Wildman–Crippen LogP) is 4.77. The second kappa shape index (κ2) is 10.8. The van der Waals surface area contributed by atoms with Crippen LogP contribution in [0.3, 0.4) is 0 Å². The number of nitrogens with one attached hydrogen (secondary N) is 1. The number of carboxylic acid groups (broad SMARTS) is 1. The minimum atomic E-state index is -1.19. The second-order valence-corrected chi connectivity index (χ2v) is 9.11. The molecule has 5 rings (SSSR count). The van der Waals surface area contributed by atoms with Crippen molar-refractivity contribution in [3.63, 3.8) is 0 Å². The van der Waals surface area contributed by atoms with Gasteiger partial charge in [0.05, 0.1) is 29.3 Å². The summed E-state index contributed by atoms with van der Waals surface area (Å²) in [6, 6.07) is 14.7. The van der Waals surface area contributed by atoms with E-state index < -0.39 is 11.0 Å². The summed E-state index contributed by atoms with van der Waals surface area (Å²) in [5.74, 6) is 1.66. The zero-order chi connectivity index (χ0) is 28.4. The van der Waals surface area contributed by atoms with E-state index in [9.17, 15) is 20.0 Å². The molecule has 2 heterocycles. The van der Waals surface area contributed by atoms with E-state index in [1.54, 1.807) is 42.5 Å². The standard InChI is InChI=1S/C27H25N7O6/c1-32(2)9-10-40-24-13-20-21(14-23(24)39-3)30-25(16-5-4-6-19(12-16)34(37)38)31-26(20)29-18-7-8-22-17(11-18)15-28-33(22)27(35)36/h4-8,11-15H,9-10H2,1-3H3,(H,35,36)(H,29,30,31). The van der Waals surface area contributed by atoms with Crippen LogP contribution in [0.25, 0.3) is 33.2 Å². The SMILES string of the molecule is COc1cc2nc(-c3cccc([N+](=O)[O-])c3)nc(Nc3ccc4c(cnn4C(=O)O)c3)c2cc1OCCN(C)C. The lowest BCUT2D eigenvalue weighted by molar-refractivity contribution is -0.384. The number of fused-ring (bicyclic) bond motifs is 2. The van der Waals surface area contributed by atoms with Crippen LogP contribution in [-0.4, -0.2) is 75.1 Å². The van der Waals surface area contributed by atoms with Crippen LogP contribution in [-0.2, 0) is 0 Å². The van der Waals surface area contributed by atoms with E-state index in [1.807, 2.05) is 19.0 Å². The Morgan fingerprint density at radius 1 is 1.12 bits per heavy atom. The van der Waals surface area contributed by atoms with Crippen molar-refractivity contribution < 1.29 is 24.3 Å². The van der Waals surface area contributed by atoms with Gasteiger partial charge in [0, 0.05) is 46.8 Å². The van der Waals surface area contributed by atoms with E-state index in [-0.39, 0.29) is 11.5 Å². The first-order chi connectivity index (χ1) is 19.2. The van der Waals surface area contributed by atoms with Gasteiger partial charge in [-0.15, -0.1) is 0 Å². The molecule has 3 aromatic carbocycles. The highest BCUT2D eigenvalue weighted by molar-refractivity contribution is 5.96. The van der Waals surface area contributed by atoms with Gasteiger partial charge in [0.15, 0.2) is 17.3 Å². The Kier molecular flexibility index (Phi) is 7.12. The summed E-state index contributed by atoms with van der Waals surface area (Å²) in [7, 11) is 5.43. The molecule has 0 fully saturated rings. The van der Waals surface area contributed by atoms with Crippen molar-refractivity contribution in [2.75, 3.05) is 39.7 Å². The van der Waals surface area contributed by atoms with Gasteiger partial charge in [-0.2, -0.15) is 9.78 Å². The molecule has 2 aromatic heterocycles. The Morgan fingerprint density at radius 3 is 2.67 bits per heavy atom. The first-order valence-corrected chi connectivity index (χ1v) is 12.1. The lowest BCUT2D eigenvalue weighted by Crippen LogP contribution is -2.19. The number of nitro benzene ring substituents is 1. The van der Waals surface area contributed by atoms with Crippen molar-refractivity contribution in [3.05, 3.63) is 70.9 Å². The average molecular weight is 544 g/mol. The van der Waals surface area contributed by atoms with Gasteiger partial charge in [-0.3, -0.25) is 10.1 Å². The Morgan fingerprint density at radius 2 is 1.95 bits per heavy atom. The molecule has 0 bridgehead atoms. The molecule has 0 aliphatic rings. The fourth-order valence-corrected chi connectivity index (χ4v) is 4.13. The first kappa shape index (κ1) is 26.3. The molecule has 0 radical (unpaired) electrons. The Balaban J connectivity index is 1.64. The number of hydrogen-bond donors (Lipinski definition) is 2. The number of hydrogen-bond acceptors (Lipinski definition) is 10. The van der Waals surface area contributed by atoms with E-state index in [4.69, 9.17) is 14.5 Å². The van der Waals surface area contributed by atoms with Crippen LogP contribution in [0.5, 0.6) is 11.5 Å². The van der Waals surface area contributed by atoms with Crippen LogP contribution in [0.4, 0.5) is 22.0 Å². The van der Waals surface area contributed by atoms with Crippen LogP contribution in [0.1, 0.15) is 0 Å². The third-order valence-electron chi connectivity index (χ3n) is 6.10. The molecule has 204 valence electrons. The van der Waals surface area contributed by atoms with Crippen LogP contribution in [0, 0.1) is 10.1 Å². The molecule has 0 amide bonds. The Bertz CT molecular complexity index is 1750. The number of ether oxygens (including phenoxy) is 2. The predicted molar refractivity (Wildman–Crippen MR) is 149 cm³/mol. The van der Waals surface area contributed by atoms with E-state index >= 15 is 0 Å². The minimum Gasteiger partial charge on any atom is -0.493 e. The molecule has 40 heavy (non-hydrogen) atoms. The number of rotatable bonds is 9. The minimum absolute atomic E-state index is 0.0844. The van der Waals surface area contributed by atoms with Crippen molar-refractivity contribution in [2.45, 2.75) is 0 Å². The zero-order valence-corrected chi connectivity index (χ0v) is 21.9. The van der Waals surface area contributed by atoms with E-state index in [2.05, 4.69) is 15.4 Å². The summed E-state index contributed by atoms with van der Waals surface area (Å²) in [6.45, 7) is 1.12. The van der Waals surface area contributed by atoms with Crippen molar-refractivity contribution >= 4 is 45.1 Å². The largest absolute Gasteiger partial charge is 0.493 e. The number of likely N-dealkylation sites (N-methyl/N-ethyl adjacent to an activating group) is 1. The second-order valence-electron chi connectivity index (χ2n) is 9.11.